The van der Waals surface area contributed by atoms with Crippen LogP contribution >= 0.6 is 0 Å². The summed E-state index contributed by atoms with van der Waals surface area (Å²) >= 11 is 0. The fourth-order valence-electron chi connectivity index (χ4n) is 3.32. The first-order valence-electron chi connectivity index (χ1n) is 9.30. The Bertz CT molecular complexity index is 493. The number of piperidine rings is 1. The molecule has 1 aliphatic heterocycles. The number of likely N-dealkylation sites (tertiary alicyclic amines) is 1. The van der Waals surface area contributed by atoms with Crippen molar-refractivity contribution in [1.29, 1.82) is 0 Å². The van der Waals surface area contributed by atoms with E-state index in [9.17, 15) is 4.79 Å². The maximum atomic E-state index is 12.2. The molecule has 134 valence electrons. The smallest absolute Gasteiger partial charge is 0.317 e. The predicted molar refractivity (Wildman–Crippen MR) is 98.1 cm³/mol. The van der Waals surface area contributed by atoms with E-state index in [2.05, 4.69) is 36.5 Å². The summed E-state index contributed by atoms with van der Waals surface area (Å²) in [4.78, 5) is 14.2. The van der Waals surface area contributed by atoms with Gasteiger partial charge in [-0.25, -0.2) is 4.79 Å². The molecule has 0 aromatic heterocycles. The maximum Gasteiger partial charge on any atom is 0.317 e. The fourth-order valence-corrected chi connectivity index (χ4v) is 3.32. The van der Waals surface area contributed by atoms with Crippen LogP contribution in [0, 0.1) is 12.8 Å². The molecule has 1 aromatic carbocycles. The highest BCUT2D eigenvalue weighted by Crippen LogP contribution is 2.22. The molecule has 0 radical (unpaired) electrons. The average Bonchev–Trinajstić information content (AvgIpc) is 2.60. The number of amides is 2. The standard InChI is InChI=1S/C20H32N2O2/c1-16-5-7-18(8-6-16)9-10-19-11-13-22(14-12-19)20(24)21-17(2)4-3-15-23/h5-8,17,19,23H,3-4,9-15H2,1-2H3,(H,21,24). The van der Waals surface area contributed by atoms with Crippen LogP contribution in [-0.2, 0) is 6.42 Å². The topological polar surface area (TPSA) is 52.6 Å². The number of rotatable bonds is 7. The number of carbonyl (C=O) groups excluding carboxylic acids is 1. The predicted octanol–water partition coefficient (Wildman–Crippen LogP) is 3.51. The molecule has 2 rings (SSSR count). The Morgan fingerprint density at radius 2 is 1.96 bits per heavy atom. The van der Waals surface area contributed by atoms with Crippen molar-refractivity contribution in [2.45, 2.75) is 58.4 Å². The first kappa shape index (κ1) is 18.8. The van der Waals surface area contributed by atoms with Crippen molar-refractivity contribution in [3.8, 4) is 0 Å². The second-order valence-corrected chi connectivity index (χ2v) is 7.17. The molecule has 4 heteroatoms. The van der Waals surface area contributed by atoms with E-state index in [1.165, 1.54) is 17.5 Å². The van der Waals surface area contributed by atoms with Crippen LogP contribution in [0.4, 0.5) is 4.79 Å². The third-order valence-electron chi connectivity index (χ3n) is 5.03. The molecule has 1 unspecified atom stereocenters. The third-order valence-corrected chi connectivity index (χ3v) is 5.03. The van der Waals surface area contributed by atoms with Crippen molar-refractivity contribution in [3.63, 3.8) is 0 Å². The molecule has 0 saturated carbocycles. The molecule has 1 heterocycles. The molecule has 2 amide bonds. The molecular formula is C20H32N2O2. The third kappa shape index (κ3) is 6.16. The fraction of sp³-hybridized carbons (Fsp3) is 0.650. The quantitative estimate of drug-likeness (QED) is 0.803. The van der Waals surface area contributed by atoms with E-state index in [4.69, 9.17) is 5.11 Å². The van der Waals surface area contributed by atoms with Crippen LogP contribution in [0.3, 0.4) is 0 Å². The van der Waals surface area contributed by atoms with E-state index in [0.29, 0.717) is 0 Å². The lowest BCUT2D eigenvalue weighted by molar-refractivity contribution is 0.164. The second kappa shape index (κ2) is 9.67. The van der Waals surface area contributed by atoms with Gasteiger partial charge in [0.1, 0.15) is 0 Å². The Morgan fingerprint density at radius 1 is 1.29 bits per heavy atom. The van der Waals surface area contributed by atoms with E-state index in [1.54, 1.807) is 0 Å². The normalized spacial score (nSPS) is 16.9. The number of aliphatic hydroxyl groups excluding tert-OH is 1. The minimum Gasteiger partial charge on any atom is -0.396 e. The summed E-state index contributed by atoms with van der Waals surface area (Å²) in [6.45, 7) is 6.03. The number of aliphatic hydroxyl groups is 1. The average molecular weight is 332 g/mol. The molecule has 1 fully saturated rings. The van der Waals surface area contributed by atoms with Gasteiger partial charge in [-0.1, -0.05) is 29.8 Å². The van der Waals surface area contributed by atoms with Crippen molar-refractivity contribution in [2.75, 3.05) is 19.7 Å². The molecular weight excluding hydrogens is 300 g/mol. The molecule has 0 bridgehead atoms. The van der Waals surface area contributed by atoms with Crippen LogP contribution in [0.1, 0.15) is 50.2 Å². The van der Waals surface area contributed by atoms with E-state index in [1.807, 2.05) is 11.8 Å². The van der Waals surface area contributed by atoms with Gasteiger partial charge >= 0.3 is 6.03 Å². The second-order valence-electron chi connectivity index (χ2n) is 7.17. The number of nitrogens with one attached hydrogen (secondary N) is 1. The number of urea groups is 1. The zero-order chi connectivity index (χ0) is 17.4. The van der Waals surface area contributed by atoms with Crippen LogP contribution in [-0.4, -0.2) is 41.8 Å². The van der Waals surface area contributed by atoms with Crippen molar-refractivity contribution >= 4 is 6.03 Å². The highest BCUT2D eigenvalue weighted by Gasteiger charge is 2.23. The number of hydrogen-bond donors (Lipinski definition) is 2. The minimum atomic E-state index is 0.0532. The molecule has 1 aliphatic rings. The summed E-state index contributed by atoms with van der Waals surface area (Å²) in [5.74, 6) is 0.724. The zero-order valence-corrected chi connectivity index (χ0v) is 15.1. The first-order chi connectivity index (χ1) is 11.6. The molecule has 0 aliphatic carbocycles. The highest BCUT2D eigenvalue weighted by molar-refractivity contribution is 5.74. The summed E-state index contributed by atoms with van der Waals surface area (Å²) in [6, 6.07) is 9.00. The van der Waals surface area contributed by atoms with E-state index in [-0.39, 0.29) is 18.7 Å². The van der Waals surface area contributed by atoms with Gasteiger partial charge in [-0.15, -0.1) is 0 Å². The SMILES string of the molecule is Cc1ccc(CCC2CCN(C(=O)NC(C)CCCO)CC2)cc1. The summed E-state index contributed by atoms with van der Waals surface area (Å²) in [5.41, 5.74) is 2.73. The number of hydrogen-bond acceptors (Lipinski definition) is 2. The van der Waals surface area contributed by atoms with Crippen molar-refractivity contribution in [3.05, 3.63) is 35.4 Å². The van der Waals surface area contributed by atoms with Crippen molar-refractivity contribution < 1.29 is 9.90 Å². The van der Waals surface area contributed by atoms with Gasteiger partial charge in [0.05, 0.1) is 0 Å². The van der Waals surface area contributed by atoms with Crippen molar-refractivity contribution in [2.24, 2.45) is 5.92 Å². The van der Waals surface area contributed by atoms with E-state index in [0.717, 1.165) is 51.1 Å². The Kier molecular flexibility index (Phi) is 7.57. The van der Waals surface area contributed by atoms with Gasteiger partial charge in [-0.2, -0.15) is 0 Å². The lowest BCUT2D eigenvalue weighted by atomic mass is 9.90. The Labute approximate surface area is 146 Å². The van der Waals surface area contributed by atoms with E-state index >= 15 is 0 Å². The molecule has 1 atom stereocenters. The largest absolute Gasteiger partial charge is 0.396 e. The van der Waals surface area contributed by atoms with Gasteiger partial charge in [-0.05, 0) is 63.9 Å². The van der Waals surface area contributed by atoms with Crippen LogP contribution in [0.5, 0.6) is 0 Å². The minimum absolute atomic E-state index is 0.0532. The Morgan fingerprint density at radius 3 is 2.58 bits per heavy atom. The number of benzene rings is 1. The molecule has 24 heavy (non-hydrogen) atoms. The van der Waals surface area contributed by atoms with Gasteiger partial charge < -0.3 is 15.3 Å². The molecule has 1 saturated heterocycles. The first-order valence-corrected chi connectivity index (χ1v) is 9.30. The van der Waals surface area contributed by atoms with Gasteiger partial charge in [0.25, 0.3) is 0 Å². The van der Waals surface area contributed by atoms with Crippen molar-refractivity contribution in [1.82, 2.24) is 10.2 Å². The number of carbonyl (C=O) groups is 1. The van der Waals surface area contributed by atoms with Crippen LogP contribution in [0.15, 0.2) is 24.3 Å². The van der Waals surface area contributed by atoms with Crippen LogP contribution < -0.4 is 5.32 Å². The van der Waals surface area contributed by atoms with Gasteiger partial charge in [0, 0.05) is 25.7 Å². The highest BCUT2D eigenvalue weighted by atomic mass is 16.3. The molecule has 1 aromatic rings. The summed E-state index contributed by atoms with van der Waals surface area (Å²) in [7, 11) is 0. The monoisotopic (exact) mass is 332 g/mol. The van der Waals surface area contributed by atoms with Gasteiger partial charge in [0.2, 0.25) is 0 Å². The van der Waals surface area contributed by atoms with Gasteiger partial charge in [-0.3, -0.25) is 0 Å². The summed E-state index contributed by atoms with van der Waals surface area (Å²) < 4.78 is 0. The molecule has 0 spiro atoms. The number of aryl methyl sites for hydroxylation is 2. The summed E-state index contributed by atoms with van der Waals surface area (Å²) in [6.07, 6.45) is 6.12. The zero-order valence-electron chi connectivity index (χ0n) is 15.1. The Hall–Kier alpha value is -1.55. The molecule has 4 nitrogen and oxygen atoms in total. The maximum absolute atomic E-state index is 12.2. The summed E-state index contributed by atoms with van der Waals surface area (Å²) in [5, 5.41) is 11.9. The lowest BCUT2D eigenvalue weighted by Gasteiger charge is -2.33. The van der Waals surface area contributed by atoms with E-state index < -0.39 is 0 Å². The molecule has 2 N–H and O–H groups in total. The Balaban J connectivity index is 1.67. The lowest BCUT2D eigenvalue weighted by Crippen LogP contribution is -2.47. The van der Waals surface area contributed by atoms with Crippen LogP contribution in [0.2, 0.25) is 0 Å². The number of nitrogens with zero attached hydrogens (tertiary/aromatic N) is 1. The van der Waals surface area contributed by atoms with Crippen LogP contribution in [0.25, 0.3) is 0 Å². The van der Waals surface area contributed by atoms with Gasteiger partial charge in [0.15, 0.2) is 0 Å².